The zero-order valence-corrected chi connectivity index (χ0v) is 15.6. The molecule has 0 aromatic carbocycles. The molecule has 10 heteroatoms. The molecule has 152 valence electrons. The number of alkyl halides is 3. The van der Waals surface area contributed by atoms with Crippen LogP contribution in [-0.2, 0) is 11.3 Å². The largest absolute Gasteiger partial charge is 0.490 e. The Bertz CT molecular complexity index is 792. The van der Waals surface area contributed by atoms with E-state index in [0.29, 0.717) is 12.0 Å². The number of amides is 1. The number of likely N-dealkylation sites (tertiary alicyclic amines) is 2. The van der Waals surface area contributed by atoms with Crippen LogP contribution >= 0.6 is 11.3 Å². The van der Waals surface area contributed by atoms with Crippen LogP contribution in [0.25, 0.3) is 0 Å². The minimum atomic E-state index is -5.08. The Balaban J connectivity index is 0.000000279. The molecular weight excluding hydrogens is 397 g/mol. The van der Waals surface area contributed by atoms with Crippen LogP contribution in [0.5, 0.6) is 0 Å². The summed E-state index contributed by atoms with van der Waals surface area (Å²) >= 11 is 1.58. The van der Waals surface area contributed by atoms with Crippen LogP contribution < -0.4 is 0 Å². The molecule has 2 fully saturated rings. The van der Waals surface area contributed by atoms with Crippen molar-refractivity contribution in [2.45, 2.75) is 25.2 Å². The number of hydrogen-bond acceptors (Lipinski definition) is 5. The number of thiophene rings is 1. The molecular formula is C18H19F3N2O4S. The van der Waals surface area contributed by atoms with Gasteiger partial charge in [0.05, 0.1) is 18.4 Å². The summed E-state index contributed by atoms with van der Waals surface area (Å²) in [6.45, 7) is 3.71. The smallest absolute Gasteiger partial charge is 0.475 e. The molecule has 0 spiro atoms. The van der Waals surface area contributed by atoms with Gasteiger partial charge in [0, 0.05) is 24.5 Å². The van der Waals surface area contributed by atoms with E-state index in [1.807, 2.05) is 33.9 Å². The average molecular weight is 416 g/mol. The van der Waals surface area contributed by atoms with E-state index in [1.165, 1.54) is 6.42 Å². The summed E-state index contributed by atoms with van der Waals surface area (Å²) in [6, 6.07) is 6.36. The van der Waals surface area contributed by atoms with Crippen LogP contribution in [0.3, 0.4) is 0 Å². The third-order valence-corrected chi connectivity index (χ3v) is 5.58. The Kier molecular flexibility index (Phi) is 6.09. The first-order valence-corrected chi connectivity index (χ1v) is 9.58. The van der Waals surface area contributed by atoms with Gasteiger partial charge in [-0.1, -0.05) is 0 Å². The molecule has 0 unspecified atom stereocenters. The fourth-order valence-corrected chi connectivity index (χ4v) is 4.21. The van der Waals surface area contributed by atoms with Crippen molar-refractivity contribution in [1.29, 1.82) is 0 Å². The van der Waals surface area contributed by atoms with E-state index in [9.17, 15) is 18.0 Å². The van der Waals surface area contributed by atoms with E-state index in [-0.39, 0.29) is 5.91 Å². The quantitative estimate of drug-likeness (QED) is 0.831. The lowest BCUT2D eigenvalue weighted by Crippen LogP contribution is -2.36. The number of carboxylic acids is 1. The molecule has 2 aliphatic heterocycles. The standard InChI is InChI=1S/C16H18N2O2S.C2HF3O2/c19-16(13-4-7-21-11-13)18-8-12-3-5-17(15(12)10-18)9-14-2-1-6-20-14;3-2(4,5)1(6)7/h1-2,4,6-7,11-12,15H,3,5,8-10H2;(H,6,7)/t12-,15+;/m0./s1. The minimum Gasteiger partial charge on any atom is -0.475 e. The number of hydrogen-bond donors (Lipinski definition) is 1. The number of carbonyl (C=O) groups excluding carboxylic acids is 1. The van der Waals surface area contributed by atoms with Gasteiger partial charge in [-0.15, -0.1) is 0 Å². The summed E-state index contributed by atoms with van der Waals surface area (Å²) in [5.74, 6) is -0.947. The first kappa shape index (κ1) is 20.4. The van der Waals surface area contributed by atoms with Gasteiger partial charge in [-0.25, -0.2) is 4.79 Å². The summed E-state index contributed by atoms with van der Waals surface area (Å²) in [4.78, 5) is 25.8. The Morgan fingerprint density at radius 3 is 2.61 bits per heavy atom. The van der Waals surface area contributed by atoms with Gasteiger partial charge < -0.3 is 14.4 Å². The third kappa shape index (κ3) is 4.74. The number of carbonyl (C=O) groups is 2. The molecule has 0 bridgehead atoms. The fraction of sp³-hybridized carbons (Fsp3) is 0.444. The van der Waals surface area contributed by atoms with Crippen LogP contribution in [0.2, 0.25) is 0 Å². The van der Waals surface area contributed by atoms with Crippen LogP contribution in [0.1, 0.15) is 22.5 Å². The maximum Gasteiger partial charge on any atom is 0.490 e. The summed E-state index contributed by atoms with van der Waals surface area (Å²) < 4.78 is 37.2. The molecule has 4 heterocycles. The molecule has 4 rings (SSSR count). The second-order valence-electron chi connectivity index (χ2n) is 6.69. The van der Waals surface area contributed by atoms with Crippen molar-refractivity contribution in [1.82, 2.24) is 9.80 Å². The topological polar surface area (TPSA) is 74.0 Å². The van der Waals surface area contributed by atoms with Gasteiger partial charge >= 0.3 is 12.1 Å². The van der Waals surface area contributed by atoms with Gasteiger partial charge in [-0.05, 0) is 42.5 Å². The van der Waals surface area contributed by atoms with E-state index in [2.05, 4.69) is 4.90 Å². The molecule has 2 aliphatic rings. The number of aliphatic carboxylic acids is 1. The highest BCUT2D eigenvalue weighted by Crippen LogP contribution is 2.33. The zero-order valence-electron chi connectivity index (χ0n) is 14.8. The van der Waals surface area contributed by atoms with Crippen LogP contribution in [-0.4, -0.2) is 58.6 Å². The number of carboxylic acid groups (broad SMARTS) is 1. The molecule has 0 aliphatic carbocycles. The van der Waals surface area contributed by atoms with Crippen molar-refractivity contribution in [3.63, 3.8) is 0 Å². The summed E-state index contributed by atoms with van der Waals surface area (Å²) in [6.07, 6.45) is -2.18. The van der Waals surface area contributed by atoms with Crippen LogP contribution in [0.4, 0.5) is 13.2 Å². The summed E-state index contributed by atoms with van der Waals surface area (Å²) in [5.41, 5.74) is 0.831. The van der Waals surface area contributed by atoms with E-state index >= 15 is 0 Å². The molecule has 6 nitrogen and oxygen atoms in total. The van der Waals surface area contributed by atoms with E-state index in [1.54, 1.807) is 17.6 Å². The molecule has 2 saturated heterocycles. The van der Waals surface area contributed by atoms with Gasteiger partial charge in [0.15, 0.2) is 0 Å². The number of halogens is 3. The number of fused-ring (bicyclic) bond motifs is 1. The number of rotatable bonds is 3. The summed E-state index contributed by atoms with van der Waals surface area (Å²) in [5, 5.41) is 11.0. The van der Waals surface area contributed by atoms with E-state index in [4.69, 9.17) is 14.3 Å². The third-order valence-electron chi connectivity index (χ3n) is 4.90. The molecule has 2 atom stereocenters. The van der Waals surface area contributed by atoms with Crippen molar-refractivity contribution in [3.8, 4) is 0 Å². The van der Waals surface area contributed by atoms with Crippen LogP contribution in [0.15, 0.2) is 39.6 Å². The molecule has 2 aromatic heterocycles. The van der Waals surface area contributed by atoms with Crippen LogP contribution in [0, 0.1) is 5.92 Å². The second-order valence-corrected chi connectivity index (χ2v) is 7.47. The highest BCUT2D eigenvalue weighted by atomic mass is 32.1. The maximum atomic E-state index is 12.5. The van der Waals surface area contributed by atoms with E-state index < -0.39 is 12.1 Å². The molecule has 28 heavy (non-hydrogen) atoms. The molecule has 0 saturated carbocycles. The van der Waals surface area contributed by atoms with E-state index in [0.717, 1.165) is 37.5 Å². The van der Waals surface area contributed by atoms with Crippen molar-refractivity contribution >= 4 is 23.2 Å². The minimum absolute atomic E-state index is 0.184. The van der Waals surface area contributed by atoms with Crippen molar-refractivity contribution in [3.05, 3.63) is 46.5 Å². The first-order valence-electron chi connectivity index (χ1n) is 8.63. The monoisotopic (exact) mass is 416 g/mol. The van der Waals surface area contributed by atoms with Gasteiger partial charge in [-0.3, -0.25) is 9.69 Å². The Morgan fingerprint density at radius 1 is 1.29 bits per heavy atom. The lowest BCUT2D eigenvalue weighted by molar-refractivity contribution is -0.192. The van der Waals surface area contributed by atoms with Crippen molar-refractivity contribution < 1.29 is 32.3 Å². The highest BCUT2D eigenvalue weighted by Gasteiger charge is 2.43. The maximum absolute atomic E-state index is 12.5. The lowest BCUT2D eigenvalue weighted by atomic mass is 10.1. The first-order chi connectivity index (χ1) is 13.3. The Morgan fingerprint density at radius 2 is 2.04 bits per heavy atom. The average Bonchev–Trinajstić information content (AvgIpc) is 3.41. The van der Waals surface area contributed by atoms with Gasteiger partial charge in [0.1, 0.15) is 5.76 Å². The predicted octanol–water partition coefficient (Wildman–Crippen LogP) is 3.32. The molecule has 1 amide bonds. The normalized spacial score (nSPS) is 21.9. The van der Waals surface area contributed by atoms with Gasteiger partial charge in [0.2, 0.25) is 0 Å². The fourth-order valence-electron chi connectivity index (χ4n) is 3.58. The van der Waals surface area contributed by atoms with Gasteiger partial charge in [-0.2, -0.15) is 24.5 Å². The Hall–Kier alpha value is -2.33. The highest BCUT2D eigenvalue weighted by molar-refractivity contribution is 7.08. The van der Waals surface area contributed by atoms with Gasteiger partial charge in [0.25, 0.3) is 5.91 Å². The SMILES string of the molecule is O=C(O)C(F)(F)F.O=C(c1ccsc1)N1C[C@@H]2CCN(Cc3ccco3)[C@@H]2C1. The number of nitrogens with zero attached hydrogens (tertiary/aromatic N) is 2. The van der Waals surface area contributed by atoms with Crippen molar-refractivity contribution in [2.75, 3.05) is 19.6 Å². The van der Waals surface area contributed by atoms with Crippen molar-refractivity contribution in [2.24, 2.45) is 5.92 Å². The second kappa shape index (κ2) is 8.36. The summed E-state index contributed by atoms with van der Waals surface area (Å²) in [7, 11) is 0. The zero-order chi connectivity index (χ0) is 20.3. The Labute approximate surface area is 163 Å². The molecule has 0 radical (unpaired) electrons. The molecule has 2 aromatic rings. The predicted molar refractivity (Wildman–Crippen MR) is 94.9 cm³/mol. The number of furan rings is 1. The lowest BCUT2D eigenvalue weighted by Gasteiger charge is -2.23. The molecule has 1 N–H and O–H groups in total.